The predicted molar refractivity (Wildman–Crippen MR) is 69.3 cm³/mol. The Morgan fingerprint density at radius 3 is 2.67 bits per heavy atom. The van der Waals surface area contributed by atoms with Crippen molar-refractivity contribution in [2.24, 2.45) is 0 Å². The summed E-state index contributed by atoms with van der Waals surface area (Å²) in [6.07, 6.45) is 0. The maximum absolute atomic E-state index is 9.02. The molecule has 0 N–H and O–H groups in total. The van der Waals surface area contributed by atoms with Gasteiger partial charge in [0.15, 0.2) is 5.58 Å². The van der Waals surface area contributed by atoms with Gasteiger partial charge in [0.2, 0.25) is 0 Å². The Bertz CT molecular complexity index is 710. The number of nitriles is 1. The van der Waals surface area contributed by atoms with Crippen LogP contribution in [0.5, 0.6) is 0 Å². The Morgan fingerprint density at radius 2 is 1.83 bits per heavy atom. The highest BCUT2D eigenvalue weighted by Gasteiger charge is 2.09. The van der Waals surface area contributed by atoms with E-state index >= 15 is 0 Å². The Labute approximate surface area is 108 Å². The number of aromatic nitrogens is 1. The van der Waals surface area contributed by atoms with Crippen LogP contribution in [0.4, 0.5) is 0 Å². The standard InChI is InChI=1S/C14H8N2OS/c15-9-10-5-1-4-8-13(10)18-14-16-11-6-2-3-7-12(11)17-14/h1-8H. The third-order valence-electron chi connectivity index (χ3n) is 2.48. The van der Waals surface area contributed by atoms with Gasteiger partial charge in [0, 0.05) is 4.90 Å². The van der Waals surface area contributed by atoms with Gasteiger partial charge in [-0.2, -0.15) is 5.26 Å². The molecule has 1 aromatic heterocycles. The molecule has 1 heterocycles. The SMILES string of the molecule is N#Cc1ccccc1Sc1nc2ccccc2o1. The average Bonchev–Trinajstić information content (AvgIpc) is 2.81. The van der Waals surface area contributed by atoms with Crippen molar-refractivity contribution < 1.29 is 4.42 Å². The lowest BCUT2D eigenvalue weighted by molar-refractivity contribution is 0.489. The summed E-state index contributed by atoms with van der Waals surface area (Å²) in [7, 11) is 0. The number of hydrogen-bond donors (Lipinski definition) is 0. The molecule has 0 fully saturated rings. The molecular formula is C14H8N2OS. The molecule has 2 aromatic carbocycles. The van der Waals surface area contributed by atoms with E-state index in [0.717, 1.165) is 16.0 Å². The van der Waals surface area contributed by atoms with Gasteiger partial charge in [0.1, 0.15) is 11.6 Å². The van der Waals surface area contributed by atoms with Gasteiger partial charge in [-0.15, -0.1) is 0 Å². The Morgan fingerprint density at radius 1 is 1.06 bits per heavy atom. The van der Waals surface area contributed by atoms with Gasteiger partial charge in [0.25, 0.3) is 5.22 Å². The molecule has 0 saturated heterocycles. The van der Waals surface area contributed by atoms with E-state index in [1.54, 1.807) is 6.07 Å². The number of hydrogen-bond acceptors (Lipinski definition) is 4. The second kappa shape index (κ2) is 4.55. The van der Waals surface area contributed by atoms with Gasteiger partial charge in [0.05, 0.1) is 5.56 Å². The predicted octanol–water partition coefficient (Wildman–Crippen LogP) is 3.85. The van der Waals surface area contributed by atoms with Crippen molar-refractivity contribution in [3.63, 3.8) is 0 Å². The zero-order valence-electron chi connectivity index (χ0n) is 9.33. The number of benzene rings is 2. The van der Waals surface area contributed by atoms with E-state index in [0.29, 0.717) is 10.8 Å². The smallest absolute Gasteiger partial charge is 0.261 e. The van der Waals surface area contributed by atoms with Crippen molar-refractivity contribution in [1.29, 1.82) is 5.26 Å². The van der Waals surface area contributed by atoms with Crippen LogP contribution >= 0.6 is 11.8 Å². The molecule has 18 heavy (non-hydrogen) atoms. The molecule has 0 aliphatic heterocycles. The Balaban J connectivity index is 1.99. The highest BCUT2D eigenvalue weighted by atomic mass is 32.2. The van der Waals surface area contributed by atoms with E-state index in [1.165, 1.54) is 11.8 Å². The minimum Gasteiger partial charge on any atom is -0.431 e. The summed E-state index contributed by atoms with van der Waals surface area (Å²) in [6, 6.07) is 17.2. The second-order valence-corrected chi connectivity index (χ2v) is 4.65. The lowest BCUT2D eigenvalue weighted by Gasteiger charge is -1.98. The van der Waals surface area contributed by atoms with Crippen molar-refractivity contribution in [3.8, 4) is 6.07 Å². The fourth-order valence-electron chi connectivity index (χ4n) is 1.64. The van der Waals surface area contributed by atoms with Crippen LogP contribution in [-0.2, 0) is 0 Å². The summed E-state index contributed by atoms with van der Waals surface area (Å²) in [6.45, 7) is 0. The van der Waals surface area contributed by atoms with Crippen LogP contribution < -0.4 is 0 Å². The third kappa shape index (κ3) is 1.96. The quantitative estimate of drug-likeness (QED) is 0.695. The Kier molecular flexibility index (Phi) is 2.75. The number of para-hydroxylation sites is 2. The van der Waals surface area contributed by atoms with Crippen molar-refractivity contribution in [3.05, 3.63) is 54.1 Å². The molecule has 0 bridgehead atoms. The summed E-state index contributed by atoms with van der Waals surface area (Å²) >= 11 is 1.36. The maximum atomic E-state index is 9.02. The first-order valence-corrected chi connectivity index (χ1v) is 6.21. The van der Waals surface area contributed by atoms with Crippen LogP contribution in [0.15, 0.2) is 63.1 Å². The lowest BCUT2D eigenvalue weighted by atomic mass is 10.2. The lowest BCUT2D eigenvalue weighted by Crippen LogP contribution is -1.79. The van der Waals surface area contributed by atoms with Crippen LogP contribution in [-0.4, -0.2) is 4.98 Å². The normalized spacial score (nSPS) is 10.4. The molecule has 0 aliphatic rings. The summed E-state index contributed by atoms with van der Waals surface area (Å²) < 4.78 is 5.61. The van der Waals surface area contributed by atoms with Crippen LogP contribution in [0.25, 0.3) is 11.1 Å². The number of oxazole rings is 1. The molecule has 0 saturated carbocycles. The maximum Gasteiger partial charge on any atom is 0.261 e. The van der Waals surface area contributed by atoms with E-state index in [4.69, 9.17) is 9.68 Å². The topological polar surface area (TPSA) is 49.8 Å². The van der Waals surface area contributed by atoms with Gasteiger partial charge in [-0.05, 0) is 36.0 Å². The molecule has 0 unspecified atom stereocenters. The van der Waals surface area contributed by atoms with E-state index in [9.17, 15) is 0 Å². The molecule has 3 aromatic rings. The second-order valence-electron chi connectivity index (χ2n) is 3.66. The molecule has 0 atom stereocenters. The van der Waals surface area contributed by atoms with Crippen LogP contribution in [0, 0.1) is 11.3 Å². The average molecular weight is 252 g/mol. The van der Waals surface area contributed by atoms with E-state index in [1.807, 2.05) is 42.5 Å². The van der Waals surface area contributed by atoms with E-state index in [-0.39, 0.29) is 0 Å². The van der Waals surface area contributed by atoms with Crippen molar-refractivity contribution in [1.82, 2.24) is 4.98 Å². The summed E-state index contributed by atoms with van der Waals surface area (Å²) in [5.41, 5.74) is 2.22. The van der Waals surface area contributed by atoms with Gasteiger partial charge in [-0.3, -0.25) is 0 Å². The first-order chi connectivity index (χ1) is 8.86. The molecule has 0 radical (unpaired) electrons. The number of rotatable bonds is 2. The van der Waals surface area contributed by atoms with Gasteiger partial charge < -0.3 is 4.42 Å². The van der Waals surface area contributed by atoms with Gasteiger partial charge in [-0.25, -0.2) is 4.98 Å². The van der Waals surface area contributed by atoms with E-state index < -0.39 is 0 Å². The number of fused-ring (bicyclic) bond motifs is 1. The fourth-order valence-corrected chi connectivity index (χ4v) is 2.47. The first kappa shape index (κ1) is 10.9. The molecule has 3 nitrogen and oxygen atoms in total. The molecule has 86 valence electrons. The van der Waals surface area contributed by atoms with E-state index in [2.05, 4.69) is 11.1 Å². The first-order valence-electron chi connectivity index (χ1n) is 5.39. The number of nitrogens with zero attached hydrogens (tertiary/aromatic N) is 2. The fraction of sp³-hybridized carbons (Fsp3) is 0. The van der Waals surface area contributed by atoms with Crippen molar-refractivity contribution in [2.75, 3.05) is 0 Å². The van der Waals surface area contributed by atoms with Crippen molar-refractivity contribution >= 4 is 22.9 Å². The summed E-state index contributed by atoms with van der Waals surface area (Å²) in [4.78, 5) is 5.22. The van der Waals surface area contributed by atoms with Crippen LogP contribution in [0.1, 0.15) is 5.56 Å². The monoisotopic (exact) mass is 252 g/mol. The summed E-state index contributed by atoms with van der Waals surface area (Å²) in [5.74, 6) is 0. The van der Waals surface area contributed by atoms with Gasteiger partial charge in [-0.1, -0.05) is 24.3 Å². The summed E-state index contributed by atoms with van der Waals surface area (Å²) in [5, 5.41) is 9.58. The molecule has 0 aliphatic carbocycles. The zero-order chi connectivity index (χ0) is 12.4. The Hall–Kier alpha value is -2.25. The molecule has 4 heteroatoms. The molecule has 3 rings (SSSR count). The highest BCUT2D eigenvalue weighted by Crippen LogP contribution is 2.31. The van der Waals surface area contributed by atoms with Gasteiger partial charge >= 0.3 is 0 Å². The zero-order valence-corrected chi connectivity index (χ0v) is 10.1. The minimum atomic E-state index is 0.555. The largest absolute Gasteiger partial charge is 0.431 e. The minimum absolute atomic E-state index is 0.555. The molecule has 0 spiro atoms. The van der Waals surface area contributed by atoms with Crippen molar-refractivity contribution in [2.45, 2.75) is 10.1 Å². The molecular weight excluding hydrogens is 244 g/mol. The third-order valence-corrected chi connectivity index (χ3v) is 3.40. The highest BCUT2D eigenvalue weighted by molar-refractivity contribution is 7.99. The molecule has 0 amide bonds. The van der Waals surface area contributed by atoms with Crippen LogP contribution in [0.2, 0.25) is 0 Å². The van der Waals surface area contributed by atoms with Crippen LogP contribution in [0.3, 0.4) is 0 Å².